The number of hydrogen-bond donors (Lipinski definition) is 2. The Morgan fingerprint density at radius 3 is 2.41 bits per heavy atom. The highest BCUT2D eigenvalue weighted by Gasteiger charge is 2.48. The average molecular weight is 363 g/mol. The standard InChI is InChI=1S/C22H25N3O2/c1-21(17-7-3-2-4-8-17)10-12-22(13-11-21)15-25(20(27)24-22)18-9-5-6-16(14-18)19(23)26/h2-9,14H,10-13,15H2,1H3,(H2,23,26)(H,24,27)/t21-,22-. The second kappa shape index (κ2) is 6.41. The summed E-state index contributed by atoms with van der Waals surface area (Å²) in [7, 11) is 0. The van der Waals surface area contributed by atoms with E-state index in [1.54, 1.807) is 23.1 Å². The Labute approximate surface area is 159 Å². The predicted octanol–water partition coefficient (Wildman–Crippen LogP) is 3.59. The summed E-state index contributed by atoms with van der Waals surface area (Å²) < 4.78 is 0. The molecule has 0 aromatic heterocycles. The van der Waals surface area contributed by atoms with Crippen molar-refractivity contribution in [2.45, 2.75) is 43.6 Å². The van der Waals surface area contributed by atoms with Crippen LogP contribution in [0.5, 0.6) is 0 Å². The normalized spacial score (nSPS) is 27.6. The SMILES string of the molecule is C[C@]1(c2ccccc2)CC[C@]2(CC1)CN(c1cccc(C(N)=O)c1)C(=O)N2. The first-order valence-electron chi connectivity index (χ1n) is 9.46. The molecule has 0 unspecified atom stereocenters. The van der Waals surface area contributed by atoms with Gasteiger partial charge in [-0.2, -0.15) is 0 Å². The summed E-state index contributed by atoms with van der Waals surface area (Å²) in [6.07, 6.45) is 3.95. The number of primary amides is 1. The van der Waals surface area contributed by atoms with Crippen molar-refractivity contribution in [2.24, 2.45) is 5.73 Å². The molecule has 0 atom stereocenters. The van der Waals surface area contributed by atoms with Crippen molar-refractivity contribution in [3.05, 3.63) is 65.7 Å². The largest absolute Gasteiger partial charge is 0.366 e. The fourth-order valence-corrected chi connectivity index (χ4v) is 4.44. The summed E-state index contributed by atoms with van der Waals surface area (Å²) in [5, 5.41) is 3.23. The highest BCUT2D eigenvalue weighted by Crippen LogP contribution is 2.45. The van der Waals surface area contributed by atoms with Gasteiger partial charge in [0.25, 0.3) is 0 Å². The zero-order valence-corrected chi connectivity index (χ0v) is 15.6. The third-order valence-electron chi connectivity index (χ3n) is 6.30. The molecule has 1 heterocycles. The first kappa shape index (κ1) is 17.6. The topological polar surface area (TPSA) is 75.4 Å². The first-order valence-corrected chi connectivity index (χ1v) is 9.46. The quantitative estimate of drug-likeness (QED) is 0.874. The van der Waals surface area contributed by atoms with E-state index < -0.39 is 5.91 Å². The molecule has 4 rings (SSSR count). The molecule has 2 aromatic carbocycles. The molecule has 1 spiro atoms. The summed E-state index contributed by atoms with van der Waals surface area (Å²) >= 11 is 0. The van der Waals surface area contributed by atoms with Crippen LogP contribution in [0.1, 0.15) is 48.5 Å². The van der Waals surface area contributed by atoms with Gasteiger partial charge >= 0.3 is 6.03 Å². The second-order valence-electron chi connectivity index (χ2n) is 8.14. The van der Waals surface area contributed by atoms with Gasteiger partial charge in [-0.25, -0.2) is 4.79 Å². The zero-order chi connectivity index (χ0) is 19.1. The van der Waals surface area contributed by atoms with E-state index in [-0.39, 0.29) is 17.0 Å². The Balaban J connectivity index is 1.51. The summed E-state index contributed by atoms with van der Waals surface area (Å²) in [6.45, 7) is 2.94. The smallest absolute Gasteiger partial charge is 0.322 e. The molecular weight excluding hydrogens is 338 g/mol. The number of rotatable bonds is 3. The number of hydrogen-bond acceptors (Lipinski definition) is 2. The number of urea groups is 1. The molecule has 1 aliphatic heterocycles. The van der Waals surface area contributed by atoms with Crippen LogP contribution in [0.25, 0.3) is 0 Å². The van der Waals surface area contributed by atoms with Crippen LogP contribution >= 0.6 is 0 Å². The van der Waals surface area contributed by atoms with Gasteiger partial charge in [-0.15, -0.1) is 0 Å². The van der Waals surface area contributed by atoms with Crippen molar-refractivity contribution >= 4 is 17.6 Å². The Hall–Kier alpha value is -2.82. The number of amides is 3. The van der Waals surface area contributed by atoms with Crippen LogP contribution < -0.4 is 16.0 Å². The second-order valence-corrected chi connectivity index (χ2v) is 8.14. The molecule has 0 radical (unpaired) electrons. The fourth-order valence-electron chi connectivity index (χ4n) is 4.44. The lowest BCUT2D eigenvalue weighted by atomic mass is 9.65. The molecule has 2 fully saturated rings. The molecule has 1 saturated carbocycles. The van der Waals surface area contributed by atoms with Crippen LogP contribution in [-0.4, -0.2) is 24.0 Å². The maximum Gasteiger partial charge on any atom is 0.322 e. The van der Waals surface area contributed by atoms with Gasteiger partial charge in [-0.3, -0.25) is 9.69 Å². The molecule has 27 heavy (non-hydrogen) atoms. The third-order valence-corrected chi connectivity index (χ3v) is 6.30. The van der Waals surface area contributed by atoms with Crippen LogP contribution in [-0.2, 0) is 5.41 Å². The van der Waals surface area contributed by atoms with Crippen LogP contribution in [0.15, 0.2) is 54.6 Å². The van der Waals surface area contributed by atoms with Gasteiger partial charge in [-0.05, 0) is 54.9 Å². The molecule has 2 aromatic rings. The highest BCUT2D eigenvalue weighted by atomic mass is 16.2. The van der Waals surface area contributed by atoms with Crippen LogP contribution in [0.3, 0.4) is 0 Å². The average Bonchev–Trinajstić information content (AvgIpc) is 3.02. The highest BCUT2D eigenvalue weighted by molar-refractivity contribution is 5.98. The van der Waals surface area contributed by atoms with Crippen LogP contribution in [0.2, 0.25) is 0 Å². The first-order chi connectivity index (χ1) is 12.9. The molecule has 3 N–H and O–H groups in total. The molecule has 1 saturated heterocycles. The lowest BCUT2D eigenvalue weighted by molar-refractivity contribution is 0.1000. The molecule has 0 bridgehead atoms. The Morgan fingerprint density at radius 1 is 1.04 bits per heavy atom. The predicted molar refractivity (Wildman–Crippen MR) is 106 cm³/mol. The van der Waals surface area contributed by atoms with Crippen molar-refractivity contribution in [2.75, 3.05) is 11.4 Å². The van der Waals surface area contributed by atoms with Crippen molar-refractivity contribution < 1.29 is 9.59 Å². The van der Waals surface area contributed by atoms with Gasteiger partial charge < -0.3 is 11.1 Å². The van der Waals surface area contributed by atoms with Crippen molar-refractivity contribution in [1.82, 2.24) is 5.32 Å². The molecular formula is C22H25N3O2. The van der Waals surface area contributed by atoms with Crippen molar-refractivity contribution in [3.8, 4) is 0 Å². The monoisotopic (exact) mass is 363 g/mol. The minimum atomic E-state index is -0.484. The maximum absolute atomic E-state index is 12.7. The van der Waals surface area contributed by atoms with E-state index in [0.29, 0.717) is 12.1 Å². The fraction of sp³-hybridized carbons (Fsp3) is 0.364. The van der Waals surface area contributed by atoms with Gasteiger partial charge in [0, 0.05) is 11.3 Å². The van der Waals surface area contributed by atoms with Crippen molar-refractivity contribution in [1.29, 1.82) is 0 Å². The summed E-state index contributed by atoms with van der Waals surface area (Å²) in [5.74, 6) is -0.484. The Kier molecular flexibility index (Phi) is 4.17. The number of anilines is 1. The number of nitrogens with one attached hydrogen (secondary N) is 1. The van der Waals surface area contributed by atoms with E-state index >= 15 is 0 Å². The molecule has 5 heteroatoms. The summed E-state index contributed by atoms with van der Waals surface area (Å²) in [4.78, 5) is 25.8. The summed E-state index contributed by atoms with van der Waals surface area (Å²) in [5.41, 5.74) is 7.84. The number of carbonyl (C=O) groups is 2. The maximum atomic E-state index is 12.7. The zero-order valence-electron chi connectivity index (χ0n) is 15.6. The van der Waals surface area contributed by atoms with Crippen LogP contribution in [0, 0.1) is 0 Å². The molecule has 5 nitrogen and oxygen atoms in total. The summed E-state index contributed by atoms with van der Waals surface area (Å²) in [6, 6.07) is 17.5. The van der Waals surface area contributed by atoms with E-state index in [2.05, 4.69) is 36.5 Å². The van der Waals surface area contributed by atoms with Gasteiger partial charge in [0.2, 0.25) is 5.91 Å². The van der Waals surface area contributed by atoms with Gasteiger partial charge in [0.1, 0.15) is 0 Å². The lowest BCUT2D eigenvalue weighted by Crippen LogP contribution is -2.49. The third kappa shape index (κ3) is 3.18. The van der Waals surface area contributed by atoms with Crippen LogP contribution in [0.4, 0.5) is 10.5 Å². The van der Waals surface area contributed by atoms with Gasteiger partial charge in [0.05, 0.1) is 12.1 Å². The van der Waals surface area contributed by atoms with Gasteiger partial charge in [-0.1, -0.05) is 43.3 Å². The molecule has 2 aliphatic rings. The molecule has 140 valence electrons. The van der Waals surface area contributed by atoms with E-state index in [4.69, 9.17) is 5.73 Å². The lowest BCUT2D eigenvalue weighted by Gasteiger charge is -2.43. The minimum absolute atomic E-state index is 0.0973. The molecule has 3 amide bonds. The van der Waals surface area contributed by atoms with E-state index in [9.17, 15) is 9.59 Å². The number of benzene rings is 2. The molecule has 1 aliphatic carbocycles. The Morgan fingerprint density at radius 2 is 1.74 bits per heavy atom. The van der Waals surface area contributed by atoms with E-state index in [0.717, 1.165) is 31.4 Å². The Bertz CT molecular complexity index is 870. The van der Waals surface area contributed by atoms with Gasteiger partial charge in [0.15, 0.2) is 0 Å². The van der Waals surface area contributed by atoms with E-state index in [1.165, 1.54) is 5.56 Å². The number of nitrogens with two attached hydrogens (primary N) is 1. The minimum Gasteiger partial charge on any atom is -0.366 e. The number of carbonyl (C=O) groups excluding carboxylic acids is 2. The van der Waals surface area contributed by atoms with E-state index in [1.807, 2.05) is 12.1 Å². The van der Waals surface area contributed by atoms with Crippen molar-refractivity contribution in [3.63, 3.8) is 0 Å². The number of nitrogens with zero attached hydrogens (tertiary/aromatic N) is 1.